The molecule has 1 fully saturated rings. The number of rotatable bonds is 3. The molecule has 1 aromatic carbocycles. The molecule has 1 heterocycles. The first-order valence-electron chi connectivity index (χ1n) is 7.21. The van der Waals surface area contributed by atoms with Gasteiger partial charge in [0.05, 0.1) is 11.6 Å². The zero-order valence-electron chi connectivity index (χ0n) is 12.0. The van der Waals surface area contributed by atoms with Crippen LogP contribution in [0.15, 0.2) is 18.2 Å². The van der Waals surface area contributed by atoms with Crippen LogP contribution >= 0.6 is 11.6 Å². The highest BCUT2D eigenvalue weighted by Gasteiger charge is 2.43. The van der Waals surface area contributed by atoms with Crippen LogP contribution in [0.2, 0.25) is 5.02 Å². The normalized spacial score (nSPS) is 23.8. The second-order valence-electron chi connectivity index (χ2n) is 5.62. The third-order valence-corrected chi connectivity index (χ3v) is 4.75. The van der Waals surface area contributed by atoms with Crippen LogP contribution in [0.1, 0.15) is 43.8 Å². The predicted octanol–water partition coefficient (Wildman–Crippen LogP) is 2.67. The molecule has 1 aliphatic heterocycles. The SMILES string of the molecule is NS(=O)(=O)OC[C@@H]1OC2(CCCCC2)Oc2c(Cl)cccc21. The molecule has 1 spiro atoms. The lowest BCUT2D eigenvalue weighted by atomic mass is 9.92. The van der Waals surface area contributed by atoms with Crippen molar-refractivity contribution in [3.63, 3.8) is 0 Å². The molecule has 0 amide bonds. The Hall–Kier alpha value is -0.860. The van der Waals surface area contributed by atoms with E-state index in [4.69, 9.17) is 30.4 Å². The van der Waals surface area contributed by atoms with Crippen LogP contribution in [-0.4, -0.2) is 20.8 Å². The molecule has 1 aromatic rings. The number of hydrogen-bond donors (Lipinski definition) is 1. The second kappa shape index (κ2) is 5.98. The minimum Gasteiger partial charge on any atom is -0.460 e. The van der Waals surface area contributed by atoms with Crippen molar-refractivity contribution in [2.45, 2.75) is 44.0 Å². The summed E-state index contributed by atoms with van der Waals surface area (Å²) in [6.45, 7) is -0.197. The van der Waals surface area contributed by atoms with Crippen LogP contribution in [0.4, 0.5) is 0 Å². The Morgan fingerprint density at radius 3 is 2.73 bits per heavy atom. The predicted molar refractivity (Wildman–Crippen MR) is 80.8 cm³/mol. The summed E-state index contributed by atoms with van der Waals surface area (Å²) in [6, 6.07) is 5.28. The lowest BCUT2D eigenvalue weighted by molar-refractivity contribution is -0.249. The Bertz CT molecular complexity index is 657. The molecule has 0 unspecified atom stereocenters. The lowest BCUT2D eigenvalue weighted by Crippen LogP contribution is -2.46. The van der Waals surface area contributed by atoms with Crippen LogP contribution < -0.4 is 9.88 Å². The average Bonchev–Trinajstić information content (AvgIpc) is 2.46. The van der Waals surface area contributed by atoms with Gasteiger partial charge in [0.1, 0.15) is 11.9 Å². The van der Waals surface area contributed by atoms with Crippen molar-refractivity contribution >= 4 is 21.9 Å². The minimum atomic E-state index is -4.03. The van der Waals surface area contributed by atoms with Crippen LogP contribution in [0, 0.1) is 0 Å². The number of ether oxygens (including phenoxy) is 2. The van der Waals surface area contributed by atoms with Gasteiger partial charge in [-0.15, -0.1) is 0 Å². The summed E-state index contributed by atoms with van der Waals surface area (Å²) in [5.41, 5.74) is 0.673. The first-order chi connectivity index (χ1) is 10.4. The Balaban J connectivity index is 1.92. The monoisotopic (exact) mass is 347 g/mol. The van der Waals surface area contributed by atoms with Crippen molar-refractivity contribution in [2.24, 2.45) is 5.14 Å². The first kappa shape index (κ1) is 16.0. The minimum absolute atomic E-state index is 0.197. The molecule has 1 aliphatic carbocycles. The van der Waals surface area contributed by atoms with E-state index in [1.54, 1.807) is 18.2 Å². The molecule has 0 saturated heterocycles. The van der Waals surface area contributed by atoms with Gasteiger partial charge >= 0.3 is 10.3 Å². The molecule has 0 radical (unpaired) electrons. The highest BCUT2D eigenvalue weighted by atomic mass is 35.5. The number of halogens is 1. The van der Waals surface area contributed by atoms with Gasteiger partial charge in [-0.2, -0.15) is 8.42 Å². The molecule has 122 valence electrons. The molecule has 2 aliphatic rings. The largest absolute Gasteiger partial charge is 0.460 e. The summed E-state index contributed by atoms with van der Waals surface area (Å²) in [5, 5.41) is 5.39. The van der Waals surface area contributed by atoms with Crippen molar-refractivity contribution in [3.8, 4) is 5.75 Å². The fourth-order valence-corrected chi connectivity index (χ4v) is 3.54. The van der Waals surface area contributed by atoms with Gasteiger partial charge in [-0.1, -0.05) is 30.2 Å². The number of hydrogen-bond acceptors (Lipinski definition) is 5. The second-order valence-corrected chi connectivity index (χ2v) is 7.24. The van der Waals surface area contributed by atoms with E-state index in [1.165, 1.54) is 0 Å². The van der Waals surface area contributed by atoms with Crippen molar-refractivity contribution in [3.05, 3.63) is 28.8 Å². The van der Waals surface area contributed by atoms with E-state index >= 15 is 0 Å². The summed E-state index contributed by atoms with van der Waals surface area (Å²) in [7, 11) is -4.03. The van der Waals surface area contributed by atoms with Crippen molar-refractivity contribution in [2.75, 3.05) is 6.61 Å². The third kappa shape index (κ3) is 3.38. The summed E-state index contributed by atoms with van der Waals surface area (Å²) < 4.78 is 39.0. The van der Waals surface area contributed by atoms with E-state index in [2.05, 4.69) is 0 Å². The van der Waals surface area contributed by atoms with Crippen molar-refractivity contribution in [1.82, 2.24) is 0 Å². The van der Waals surface area contributed by atoms with Crippen molar-refractivity contribution < 1.29 is 22.1 Å². The maximum atomic E-state index is 11.1. The number of fused-ring (bicyclic) bond motifs is 1. The molecule has 1 saturated carbocycles. The van der Waals surface area contributed by atoms with Gasteiger partial charge in [0.15, 0.2) is 0 Å². The zero-order chi connectivity index (χ0) is 15.8. The fourth-order valence-electron chi connectivity index (χ4n) is 3.01. The van der Waals surface area contributed by atoms with Crippen molar-refractivity contribution in [1.29, 1.82) is 0 Å². The Labute approximate surface area is 134 Å². The molecule has 8 heteroatoms. The quantitative estimate of drug-likeness (QED) is 0.908. The Morgan fingerprint density at radius 2 is 2.05 bits per heavy atom. The number of para-hydroxylation sites is 1. The number of benzene rings is 1. The maximum absolute atomic E-state index is 11.1. The van der Waals surface area contributed by atoms with Gasteiger partial charge in [0.25, 0.3) is 0 Å². The first-order valence-corrected chi connectivity index (χ1v) is 9.06. The summed E-state index contributed by atoms with van der Waals surface area (Å²) in [4.78, 5) is 0. The van der Waals surface area contributed by atoms with Crippen LogP contribution in [0.5, 0.6) is 5.75 Å². The molecule has 6 nitrogen and oxygen atoms in total. The molecular weight excluding hydrogens is 330 g/mol. The summed E-state index contributed by atoms with van der Waals surface area (Å²) >= 11 is 6.24. The molecule has 2 N–H and O–H groups in total. The molecule has 22 heavy (non-hydrogen) atoms. The van der Waals surface area contributed by atoms with E-state index in [9.17, 15) is 8.42 Å². The van der Waals surface area contributed by atoms with Gasteiger partial charge in [-0.25, -0.2) is 5.14 Å². The fraction of sp³-hybridized carbons (Fsp3) is 0.571. The third-order valence-electron chi connectivity index (χ3n) is 3.99. The Morgan fingerprint density at radius 1 is 1.32 bits per heavy atom. The molecule has 3 rings (SSSR count). The highest BCUT2D eigenvalue weighted by Crippen LogP contribution is 2.47. The van der Waals surface area contributed by atoms with E-state index in [0.29, 0.717) is 16.3 Å². The van der Waals surface area contributed by atoms with Crippen LogP contribution in [0.3, 0.4) is 0 Å². The highest BCUT2D eigenvalue weighted by molar-refractivity contribution is 7.84. The van der Waals surface area contributed by atoms with E-state index in [1.807, 2.05) is 0 Å². The summed E-state index contributed by atoms with van der Waals surface area (Å²) in [5.74, 6) is -0.219. The smallest absolute Gasteiger partial charge is 0.333 e. The molecular formula is C14H18ClNO5S. The van der Waals surface area contributed by atoms with E-state index in [0.717, 1.165) is 32.1 Å². The van der Waals surface area contributed by atoms with E-state index in [-0.39, 0.29) is 6.61 Å². The van der Waals surface area contributed by atoms with Gasteiger partial charge in [-0.3, -0.25) is 4.18 Å². The number of nitrogens with two attached hydrogens (primary N) is 1. The molecule has 1 atom stereocenters. The van der Waals surface area contributed by atoms with Gasteiger partial charge in [0, 0.05) is 18.4 Å². The lowest BCUT2D eigenvalue weighted by Gasteiger charge is -2.44. The topological polar surface area (TPSA) is 87.9 Å². The molecule has 0 bridgehead atoms. The molecule has 0 aromatic heterocycles. The van der Waals surface area contributed by atoms with Crippen LogP contribution in [0.25, 0.3) is 0 Å². The van der Waals surface area contributed by atoms with E-state index < -0.39 is 22.2 Å². The standard InChI is InChI=1S/C14H18ClNO5S/c15-11-6-4-5-10-12(9-19-22(16,17)18)20-14(21-13(10)11)7-2-1-3-8-14/h4-6,12H,1-3,7-9H2,(H2,16,17,18)/t12-/m0/s1. The zero-order valence-corrected chi connectivity index (χ0v) is 13.5. The van der Waals surface area contributed by atoms with Crippen LogP contribution in [-0.2, 0) is 19.2 Å². The van der Waals surface area contributed by atoms with Gasteiger partial charge < -0.3 is 9.47 Å². The maximum Gasteiger partial charge on any atom is 0.333 e. The summed E-state index contributed by atoms with van der Waals surface area (Å²) in [6.07, 6.45) is 4.00. The average molecular weight is 348 g/mol. The Kier molecular flexibility index (Phi) is 4.35. The van der Waals surface area contributed by atoms with Gasteiger partial charge in [0.2, 0.25) is 5.79 Å². The van der Waals surface area contributed by atoms with Gasteiger partial charge in [-0.05, 0) is 18.9 Å².